The van der Waals surface area contributed by atoms with E-state index in [0.29, 0.717) is 5.56 Å². The zero-order valence-electron chi connectivity index (χ0n) is 11.6. The van der Waals surface area contributed by atoms with Crippen molar-refractivity contribution in [2.24, 2.45) is 0 Å². The fraction of sp³-hybridized carbons (Fsp3) is 0.312. The molecule has 0 aliphatic heterocycles. The van der Waals surface area contributed by atoms with Gasteiger partial charge in [-0.15, -0.1) is 0 Å². The summed E-state index contributed by atoms with van der Waals surface area (Å²) in [5, 5.41) is 10.3. The smallest absolute Gasteiger partial charge is 0.253 e. The van der Waals surface area contributed by atoms with Gasteiger partial charge in [-0.3, -0.25) is 4.79 Å². The van der Waals surface area contributed by atoms with Crippen molar-refractivity contribution >= 4 is 0 Å². The van der Waals surface area contributed by atoms with E-state index in [4.69, 9.17) is 0 Å². The molecule has 0 spiro atoms. The average Bonchev–Trinajstić information content (AvgIpc) is 2.34. The quantitative estimate of drug-likeness (QED) is 0.918. The molecule has 1 atom stereocenters. The number of hydrogen-bond donors (Lipinski definition) is 1. The van der Waals surface area contributed by atoms with Crippen LogP contribution in [0.1, 0.15) is 28.4 Å². The molecule has 1 N–H and O–H groups in total. The predicted molar refractivity (Wildman–Crippen MR) is 76.3 cm³/mol. The Bertz CT molecular complexity index is 643. The minimum atomic E-state index is -0.667. The maximum atomic E-state index is 11.9. The number of aliphatic hydroxyl groups is 1. The lowest BCUT2D eigenvalue weighted by Crippen LogP contribution is -2.24. The summed E-state index contributed by atoms with van der Waals surface area (Å²) in [4.78, 5) is 11.9. The van der Waals surface area contributed by atoms with E-state index < -0.39 is 6.10 Å². The van der Waals surface area contributed by atoms with E-state index in [1.807, 2.05) is 38.1 Å². The van der Waals surface area contributed by atoms with Crippen LogP contribution in [-0.4, -0.2) is 9.67 Å². The SMILES string of the molecule is Cc1ccc(C(O)Cn2cccc(C)c2=O)c(C)c1. The molecule has 0 amide bonds. The molecule has 3 nitrogen and oxygen atoms in total. The lowest BCUT2D eigenvalue weighted by molar-refractivity contribution is 0.154. The van der Waals surface area contributed by atoms with E-state index in [1.165, 1.54) is 5.56 Å². The number of pyridine rings is 1. The Morgan fingerprint density at radius 1 is 1.16 bits per heavy atom. The minimum Gasteiger partial charge on any atom is -0.387 e. The molecule has 2 rings (SSSR count). The topological polar surface area (TPSA) is 42.2 Å². The van der Waals surface area contributed by atoms with Gasteiger partial charge in [0.25, 0.3) is 5.56 Å². The van der Waals surface area contributed by atoms with Gasteiger partial charge in [-0.2, -0.15) is 0 Å². The zero-order valence-corrected chi connectivity index (χ0v) is 11.6. The van der Waals surface area contributed by atoms with E-state index in [-0.39, 0.29) is 12.1 Å². The summed E-state index contributed by atoms with van der Waals surface area (Å²) in [5.74, 6) is 0. The number of rotatable bonds is 3. The second-order valence-electron chi connectivity index (χ2n) is 5.02. The lowest BCUT2D eigenvalue weighted by atomic mass is 10.0. The number of benzene rings is 1. The van der Waals surface area contributed by atoms with E-state index >= 15 is 0 Å². The van der Waals surface area contributed by atoms with Crippen LogP contribution in [0.5, 0.6) is 0 Å². The molecule has 0 radical (unpaired) electrons. The van der Waals surface area contributed by atoms with Crippen LogP contribution in [0.3, 0.4) is 0 Å². The standard InChI is InChI=1S/C16H19NO2/c1-11-6-7-14(13(3)9-11)15(18)10-17-8-4-5-12(2)16(17)19/h4-9,15,18H,10H2,1-3H3. The second kappa shape index (κ2) is 5.41. The first-order valence-corrected chi connectivity index (χ1v) is 6.40. The van der Waals surface area contributed by atoms with E-state index in [2.05, 4.69) is 0 Å². The van der Waals surface area contributed by atoms with Gasteiger partial charge in [-0.25, -0.2) is 0 Å². The van der Waals surface area contributed by atoms with Gasteiger partial charge in [0.1, 0.15) is 0 Å². The summed E-state index contributed by atoms with van der Waals surface area (Å²) in [6.45, 7) is 6.06. The first-order valence-electron chi connectivity index (χ1n) is 6.40. The predicted octanol–water partition coefficient (Wildman–Crippen LogP) is 2.51. The molecule has 2 aromatic rings. The molecule has 1 aromatic carbocycles. The number of aliphatic hydroxyl groups excluding tert-OH is 1. The van der Waals surface area contributed by atoms with Crippen LogP contribution in [0, 0.1) is 20.8 Å². The number of aromatic nitrogens is 1. The third-order valence-corrected chi connectivity index (χ3v) is 3.36. The molecule has 0 saturated carbocycles. The lowest BCUT2D eigenvalue weighted by Gasteiger charge is -2.16. The Balaban J connectivity index is 2.28. The third kappa shape index (κ3) is 2.93. The molecule has 0 aliphatic carbocycles. The van der Waals surface area contributed by atoms with Crippen LogP contribution in [0.4, 0.5) is 0 Å². The fourth-order valence-corrected chi connectivity index (χ4v) is 2.28. The molecular formula is C16H19NO2. The Labute approximate surface area is 113 Å². The van der Waals surface area contributed by atoms with Crippen molar-refractivity contribution in [2.45, 2.75) is 33.4 Å². The molecular weight excluding hydrogens is 238 g/mol. The average molecular weight is 257 g/mol. The number of nitrogens with zero attached hydrogens (tertiary/aromatic N) is 1. The molecule has 100 valence electrons. The molecule has 0 fully saturated rings. The normalized spacial score (nSPS) is 12.4. The third-order valence-electron chi connectivity index (χ3n) is 3.36. The summed E-state index contributed by atoms with van der Waals surface area (Å²) >= 11 is 0. The van der Waals surface area contributed by atoms with Crippen LogP contribution in [0.15, 0.2) is 41.3 Å². The van der Waals surface area contributed by atoms with E-state index in [0.717, 1.165) is 11.1 Å². The summed E-state index contributed by atoms with van der Waals surface area (Å²) in [7, 11) is 0. The maximum Gasteiger partial charge on any atom is 0.253 e. The summed E-state index contributed by atoms with van der Waals surface area (Å²) in [6.07, 6.45) is 1.04. The van der Waals surface area contributed by atoms with E-state index in [9.17, 15) is 9.90 Å². The number of aryl methyl sites for hydroxylation is 3. The van der Waals surface area contributed by atoms with Gasteiger partial charge in [0.2, 0.25) is 0 Å². The van der Waals surface area contributed by atoms with Crippen LogP contribution < -0.4 is 5.56 Å². The highest BCUT2D eigenvalue weighted by Crippen LogP contribution is 2.20. The van der Waals surface area contributed by atoms with Gasteiger partial charge in [0.15, 0.2) is 0 Å². The maximum absolute atomic E-state index is 11.9. The van der Waals surface area contributed by atoms with Gasteiger partial charge < -0.3 is 9.67 Å². The molecule has 1 unspecified atom stereocenters. The molecule has 0 bridgehead atoms. The van der Waals surface area contributed by atoms with Crippen molar-refractivity contribution in [1.82, 2.24) is 4.57 Å². The Kier molecular flexibility index (Phi) is 3.86. The van der Waals surface area contributed by atoms with Gasteiger partial charge in [-0.1, -0.05) is 29.8 Å². The highest BCUT2D eigenvalue weighted by molar-refractivity contribution is 5.32. The van der Waals surface area contributed by atoms with Crippen molar-refractivity contribution in [3.8, 4) is 0 Å². The van der Waals surface area contributed by atoms with Crippen molar-refractivity contribution in [3.05, 3.63) is 69.1 Å². The molecule has 19 heavy (non-hydrogen) atoms. The highest BCUT2D eigenvalue weighted by atomic mass is 16.3. The summed E-state index contributed by atoms with van der Waals surface area (Å²) in [5.41, 5.74) is 3.73. The summed E-state index contributed by atoms with van der Waals surface area (Å²) < 4.78 is 1.55. The first-order chi connectivity index (χ1) is 8.99. The molecule has 1 aromatic heterocycles. The van der Waals surface area contributed by atoms with Crippen molar-refractivity contribution in [3.63, 3.8) is 0 Å². The van der Waals surface area contributed by atoms with Crippen LogP contribution in [0.25, 0.3) is 0 Å². The zero-order chi connectivity index (χ0) is 14.0. The Hall–Kier alpha value is -1.87. The van der Waals surface area contributed by atoms with Crippen molar-refractivity contribution in [2.75, 3.05) is 0 Å². The van der Waals surface area contributed by atoms with Crippen LogP contribution in [0.2, 0.25) is 0 Å². The monoisotopic (exact) mass is 257 g/mol. The van der Waals surface area contributed by atoms with Gasteiger partial charge >= 0.3 is 0 Å². The van der Waals surface area contributed by atoms with Crippen molar-refractivity contribution < 1.29 is 5.11 Å². The molecule has 0 aliphatic rings. The van der Waals surface area contributed by atoms with E-state index in [1.54, 1.807) is 23.8 Å². The molecule has 3 heteroatoms. The van der Waals surface area contributed by atoms with Gasteiger partial charge in [-0.05, 0) is 38.0 Å². The largest absolute Gasteiger partial charge is 0.387 e. The van der Waals surface area contributed by atoms with Crippen LogP contribution >= 0.6 is 0 Å². The molecule has 1 heterocycles. The highest BCUT2D eigenvalue weighted by Gasteiger charge is 2.12. The van der Waals surface area contributed by atoms with Gasteiger partial charge in [0, 0.05) is 11.8 Å². The Morgan fingerprint density at radius 2 is 1.89 bits per heavy atom. The minimum absolute atomic E-state index is 0.0497. The number of hydrogen-bond acceptors (Lipinski definition) is 2. The second-order valence-corrected chi connectivity index (χ2v) is 5.02. The Morgan fingerprint density at radius 3 is 2.58 bits per heavy atom. The van der Waals surface area contributed by atoms with Crippen LogP contribution in [-0.2, 0) is 6.54 Å². The first kappa shape index (κ1) is 13.6. The van der Waals surface area contributed by atoms with Crippen molar-refractivity contribution in [1.29, 1.82) is 0 Å². The fourth-order valence-electron chi connectivity index (χ4n) is 2.28. The molecule has 0 saturated heterocycles. The summed E-state index contributed by atoms with van der Waals surface area (Å²) in [6, 6.07) is 9.55. The van der Waals surface area contributed by atoms with Gasteiger partial charge in [0.05, 0.1) is 12.6 Å².